The predicted molar refractivity (Wildman–Crippen MR) is 128 cm³/mol. The molecule has 2 heterocycles. The van der Waals surface area contributed by atoms with Gasteiger partial charge in [-0.1, -0.05) is 26.0 Å². The maximum Gasteiger partial charge on any atom is 0.263 e. The van der Waals surface area contributed by atoms with Crippen molar-refractivity contribution in [3.8, 4) is 11.5 Å². The summed E-state index contributed by atoms with van der Waals surface area (Å²) in [5, 5.41) is 5.04. The van der Waals surface area contributed by atoms with Crippen molar-refractivity contribution in [1.29, 1.82) is 0 Å². The normalized spacial score (nSPS) is 17.0. The highest BCUT2D eigenvalue weighted by Gasteiger charge is 2.30. The van der Waals surface area contributed by atoms with E-state index in [1.807, 2.05) is 42.6 Å². The Balaban J connectivity index is 1.63. The summed E-state index contributed by atoms with van der Waals surface area (Å²) in [4.78, 5) is 28.2. The molecular formula is C25H34N2O4S. The fourth-order valence-electron chi connectivity index (χ4n) is 3.80. The zero-order valence-electron chi connectivity index (χ0n) is 19.3. The number of carbonyl (C=O) groups excluding carboxylic acids is 2. The fourth-order valence-corrected chi connectivity index (χ4v) is 4.49. The lowest BCUT2D eigenvalue weighted by molar-refractivity contribution is -0.127. The van der Waals surface area contributed by atoms with Gasteiger partial charge in [0, 0.05) is 13.1 Å². The van der Waals surface area contributed by atoms with E-state index in [4.69, 9.17) is 9.47 Å². The number of carbonyl (C=O) groups is 2. The minimum atomic E-state index is -0.196. The Kier molecular flexibility index (Phi) is 8.97. The highest BCUT2D eigenvalue weighted by molar-refractivity contribution is 7.12. The molecule has 2 unspecified atom stereocenters. The second-order valence-corrected chi connectivity index (χ2v) is 9.15. The van der Waals surface area contributed by atoms with Crippen molar-refractivity contribution in [2.24, 2.45) is 5.92 Å². The van der Waals surface area contributed by atoms with Crippen molar-refractivity contribution in [1.82, 2.24) is 10.2 Å². The topological polar surface area (TPSA) is 67.9 Å². The van der Waals surface area contributed by atoms with Gasteiger partial charge in [0.15, 0.2) is 11.5 Å². The molecule has 1 aliphatic rings. The second-order valence-electron chi connectivity index (χ2n) is 8.20. The molecule has 1 aromatic heterocycles. The summed E-state index contributed by atoms with van der Waals surface area (Å²) < 4.78 is 11.7. The summed E-state index contributed by atoms with van der Waals surface area (Å²) in [6.07, 6.45) is 3.46. The Hall–Kier alpha value is -2.54. The van der Waals surface area contributed by atoms with E-state index < -0.39 is 0 Å². The van der Waals surface area contributed by atoms with Crippen LogP contribution in [0, 0.1) is 5.92 Å². The van der Waals surface area contributed by atoms with Crippen LogP contribution in [0.15, 0.2) is 35.7 Å². The van der Waals surface area contributed by atoms with E-state index in [0.717, 1.165) is 41.9 Å². The van der Waals surface area contributed by atoms with Crippen molar-refractivity contribution >= 4 is 23.2 Å². The van der Waals surface area contributed by atoms with Crippen LogP contribution in [0.1, 0.15) is 67.7 Å². The number of benzene rings is 1. The molecule has 3 rings (SSSR count). The number of nitrogens with one attached hydrogen (secondary N) is 1. The van der Waals surface area contributed by atoms with Crippen molar-refractivity contribution in [3.05, 3.63) is 46.2 Å². The Morgan fingerprint density at radius 1 is 1.16 bits per heavy atom. The molecule has 0 bridgehead atoms. The summed E-state index contributed by atoms with van der Waals surface area (Å²) in [6, 6.07) is 9.40. The van der Waals surface area contributed by atoms with Crippen LogP contribution in [-0.4, -0.2) is 43.0 Å². The molecule has 1 N–H and O–H groups in total. The monoisotopic (exact) mass is 458 g/mol. The van der Waals surface area contributed by atoms with E-state index in [2.05, 4.69) is 19.2 Å². The van der Waals surface area contributed by atoms with Crippen LogP contribution < -0.4 is 14.8 Å². The van der Waals surface area contributed by atoms with E-state index in [1.54, 1.807) is 4.90 Å². The first-order valence-corrected chi connectivity index (χ1v) is 12.4. The maximum absolute atomic E-state index is 13.0. The summed E-state index contributed by atoms with van der Waals surface area (Å²) in [5.41, 5.74) is 0.968. The largest absolute Gasteiger partial charge is 0.490 e. The van der Waals surface area contributed by atoms with Crippen molar-refractivity contribution in [2.75, 3.05) is 26.3 Å². The van der Waals surface area contributed by atoms with Gasteiger partial charge in [-0.25, -0.2) is 0 Å². The van der Waals surface area contributed by atoms with E-state index in [-0.39, 0.29) is 23.8 Å². The summed E-state index contributed by atoms with van der Waals surface area (Å²) in [7, 11) is 0. The van der Waals surface area contributed by atoms with Crippen molar-refractivity contribution in [2.45, 2.75) is 52.5 Å². The lowest BCUT2D eigenvalue weighted by Gasteiger charge is -2.32. The Bertz CT molecular complexity index is 884. The average Bonchev–Trinajstić information content (AvgIpc) is 3.36. The zero-order valence-corrected chi connectivity index (χ0v) is 20.1. The van der Waals surface area contributed by atoms with Crippen molar-refractivity contribution < 1.29 is 19.1 Å². The molecule has 2 aromatic rings. The summed E-state index contributed by atoms with van der Waals surface area (Å²) in [6.45, 7) is 8.52. The van der Waals surface area contributed by atoms with E-state index in [1.165, 1.54) is 11.3 Å². The molecule has 0 saturated carbocycles. The number of hydrogen-bond donors (Lipinski definition) is 1. The molecule has 32 heavy (non-hydrogen) atoms. The maximum atomic E-state index is 13.0. The number of amides is 2. The quantitative estimate of drug-likeness (QED) is 0.541. The van der Waals surface area contributed by atoms with Gasteiger partial charge in [-0.15, -0.1) is 11.3 Å². The van der Waals surface area contributed by atoms with Crippen LogP contribution in [0.3, 0.4) is 0 Å². The standard InChI is InChI=1S/C25H34N2O4S/c1-4-13-30-21-11-10-19(16-22(21)31-14-5-2)18(3)26-24(28)20-8-6-12-27(17-20)25(29)23-9-7-15-32-23/h7,9-11,15-16,18,20H,4-6,8,12-14,17H2,1-3H3,(H,26,28). The van der Waals surface area contributed by atoms with Crippen LogP contribution in [0.25, 0.3) is 0 Å². The highest BCUT2D eigenvalue weighted by atomic mass is 32.1. The first-order chi connectivity index (χ1) is 15.5. The molecule has 1 fully saturated rings. The first-order valence-electron chi connectivity index (χ1n) is 11.6. The molecule has 0 radical (unpaired) electrons. The number of likely N-dealkylation sites (tertiary alicyclic amines) is 1. The molecule has 2 amide bonds. The van der Waals surface area contributed by atoms with Crippen LogP contribution in [0.4, 0.5) is 0 Å². The molecule has 0 aliphatic carbocycles. The van der Waals surface area contributed by atoms with E-state index in [0.29, 0.717) is 32.1 Å². The first kappa shape index (κ1) is 24.1. The minimum Gasteiger partial charge on any atom is -0.490 e. The third-order valence-corrected chi connectivity index (χ3v) is 6.42. The third-order valence-electron chi connectivity index (χ3n) is 5.56. The lowest BCUT2D eigenvalue weighted by Crippen LogP contribution is -2.45. The smallest absolute Gasteiger partial charge is 0.263 e. The third kappa shape index (κ3) is 6.25. The van der Waals surface area contributed by atoms with E-state index in [9.17, 15) is 9.59 Å². The zero-order chi connectivity index (χ0) is 22.9. The molecule has 174 valence electrons. The van der Waals surface area contributed by atoms with E-state index >= 15 is 0 Å². The SMILES string of the molecule is CCCOc1ccc(C(C)NC(=O)C2CCCN(C(=O)c3cccs3)C2)cc1OCCC. The van der Waals surface area contributed by atoms with Gasteiger partial charge < -0.3 is 19.7 Å². The molecule has 1 aromatic carbocycles. The van der Waals surface area contributed by atoms with Crippen LogP contribution in [-0.2, 0) is 4.79 Å². The van der Waals surface area contributed by atoms with Gasteiger partial charge in [-0.3, -0.25) is 9.59 Å². The Morgan fingerprint density at radius 2 is 1.91 bits per heavy atom. The summed E-state index contributed by atoms with van der Waals surface area (Å²) in [5.74, 6) is 1.26. The molecular weight excluding hydrogens is 424 g/mol. The molecule has 0 spiro atoms. The van der Waals surface area contributed by atoms with Crippen LogP contribution in [0.5, 0.6) is 11.5 Å². The van der Waals surface area contributed by atoms with Gasteiger partial charge in [0.25, 0.3) is 5.91 Å². The second kappa shape index (κ2) is 11.9. The number of piperidine rings is 1. The number of rotatable bonds is 10. The molecule has 1 saturated heterocycles. The van der Waals surface area contributed by atoms with Gasteiger partial charge >= 0.3 is 0 Å². The molecule has 6 nitrogen and oxygen atoms in total. The number of ether oxygens (including phenoxy) is 2. The molecule has 7 heteroatoms. The molecule has 1 aliphatic heterocycles. The predicted octanol–water partition coefficient (Wildman–Crippen LogP) is 5.06. The van der Waals surface area contributed by atoms with Gasteiger partial charge in [0.2, 0.25) is 5.91 Å². The number of hydrogen-bond acceptors (Lipinski definition) is 5. The number of thiophene rings is 1. The fraction of sp³-hybridized carbons (Fsp3) is 0.520. The lowest BCUT2D eigenvalue weighted by atomic mass is 9.96. The Morgan fingerprint density at radius 3 is 2.59 bits per heavy atom. The van der Waals surface area contributed by atoms with Gasteiger partial charge in [0.1, 0.15) is 0 Å². The van der Waals surface area contributed by atoms with Gasteiger partial charge in [-0.05, 0) is 61.7 Å². The minimum absolute atomic E-state index is 0.0106. The Labute approximate surface area is 194 Å². The van der Waals surface area contributed by atoms with Gasteiger partial charge in [-0.2, -0.15) is 0 Å². The number of nitrogens with zero attached hydrogens (tertiary/aromatic N) is 1. The van der Waals surface area contributed by atoms with Gasteiger partial charge in [0.05, 0.1) is 30.1 Å². The average molecular weight is 459 g/mol. The summed E-state index contributed by atoms with van der Waals surface area (Å²) >= 11 is 1.44. The van der Waals surface area contributed by atoms with Crippen LogP contribution in [0.2, 0.25) is 0 Å². The molecule has 2 atom stereocenters. The highest BCUT2D eigenvalue weighted by Crippen LogP contribution is 2.31. The van der Waals surface area contributed by atoms with Crippen LogP contribution >= 0.6 is 11.3 Å². The van der Waals surface area contributed by atoms with Crippen molar-refractivity contribution in [3.63, 3.8) is 0 Å².